The van der Waals surface area contributed by atoms with E-state index in [0.29, 0.717) is 5.56 Å². The Morgan fingerprint density at radius 3 is 3.00 bits per heavy atom. The molecule has 88 valence electrons. The van der Waals surface area contributed by atoms with Crippen molar-refractivity contribution < 1.29 is 13.9 Å². The average molecular weight is 251 g/mol. The second-order valence-electron chi connectivity index (χ2n) is 3.47. The maximum Gasteiger partial charge on any atom is 0.163 e. The summed E-state index contributed by atoms with van der Waals surface area (Å²) < 4.78 is 18.5. The van der Waals surface area contributed by atoms with Crippen LogP contribution in [0.15, 0.2) is 29.1 Å². The van der Waals surface area contributed by atoms with Gasteiger partial charge in [0.1, 0.15) is 18.2 Å². The van der Waals surface area contributed by atoms with Crippen molar-refractivity contribution in [2.24, 2.45) is 0 Å². The predicted molar refractivity (Wildman–Crippen MR) is 62.9 cm³/mol. The number of ether oxygens (including phenoxy) is 1. The second kappa shape index (κ2) is 5.05. The highest BCUT2D eigenvalue weighted by molar-refractivity contribution is 7.07. The SMILES string of the molecule is CC(=O)c1ccc(F)cc1OCc1cscn1. The smallest absolute Gasteiger partial charge is 0.163 e. The molecule has 0 spiro atoms. The number of thiazole rings is 1. The van der Waals surface area contributed by atoms with E-state index in [1.54, 1.807) is 5.51 Å². The van der Waals surface area contributed by atoms with Crippen LogP contribution in [0.1, 0.15) is 23.0 Å². The van der Waals surface area contributed by atoms with E-state index in [4.69, 9.17) is 4.74 Å². The van der Waals surface area contributed by atoms with Crippen molar-refractivity contribution in [1.82, 2.24) is 4.98 Å². The number of Topliss-reactive ketones (excluding diaryl/α,β-unsaturated/α-hetero) is 1. The van der Waals surface area contributed by atoms with Crippen molar-refractivity contribution in [2.75, 3.05) is 0 Å². The minimum absolute atomic E-state index is 0.154. The molecule has 0 saturated carbocycles. The van der Waals surface area contributed by atoms with E-state index < -0.39 is 5.82 Å². The zero-order valence-corrected chi connectivity index (χ0v) is 9.96. The van der Waals surface area contributed by atoms with Crippen molar-refractivity contribution in [3.63, 3.8) is 0 Å². The van der Waals surface area contributed by atoms with Gasteiger partial charge in [0, 0.05) is 11.4 Å². The Balaban J connectivity index is 2.19. The summed E-state index contributed by atoms with van der Waals surface area (Å²) >= 11 is 1.46. The molecule has 0 aliphatic rings. The number of benzene rings is 1. The summed E-state index contributed by atoms with van der Waals surface area (Å²) in [6.07, 6.45) is 0. The molecule has 0 aliphatic heterocycles. The molecule has 2 aromatic rings. The van der Waals surface area contributed by atoms with Crippen molar-refractivity contribution in [2.45, 2.75) is 13.5 Å². The van der Waals surface area contributed by atoms with Crippen LogP contribution in [-0.2, 0) is 6.61 Å². The normalized spacial score (nSPS) is 10.2. The number of hydrogen-bond acceptors (Lipinski definition) is 4. The lowest BCUT2D eigenvalue weighted by Gasteiger charge is -2.08. The lowest BCUT2D eigenvalue weighted by Crippen LogP contribution is -2.02. The number of halogens is 1. The molecule has 0 unspecified atom stereocenters. The number of nitrogens with zero attached hydrogens (tertiary/aromatic N) is 1. The van der Waals surface area contributed by atoms with Crippen molar-refractivity contribution in [1.29, 1.82) is 0 Å². The van der Waals surface area contributed by atoms with Crippen molar-refractivity contribution >= 4 is 17.1 Å². The van der Waals surface area contributed by atoms with Gasteiger partial charge in [0.05, 0.1) is 16.8 Å². The molecule has 0 amide bonds. The minimum atomic E-state index is -0.428. The zero-order valence-electron chi connectivity index (χ0n) is 9.14. The van der Waals surface area contributed by atoms with Crippen LogP contribution in [0, 0.1) is 5.82 Å². The number of carbonyl (C=O) groups is 1. The van der Waals surface area contributed by atoms with Crippen LogP contribution in [0.3, 0.4) is 0 Å². The largest absolute Gasteiger partial charge is 0.486 e. The lowest BCUT2D eigenvalue weighted by atomic mass is 10.1. The van der Waals surface area contributed by atoms with Crippen LogP contribution < -0.4 is 4.74 Å². The summed E-state index contributed by atoms with van der Waals surface area (Å²) in [5, 5.41) is 1.84. The monoisotopic (exact) mass is 251 g/mol. The standard InChI is InChI=1S/C12H10FNO2S/c1-8(15)11-3-2-9(13)4-12(11)16-5-10-6-17-7-14-10/h2-4,6-7H,5H2,1H3. The van der Waals surface area contributed by atoms with E-state index in [1.807, 2.05) is 5.38 Å². The summed E-state index contributed by atoms with van der Waals surface area (Å²) in [4.78, 5) is 15.4. The Bertz CT molecular complexity index is 525. The van der Waals surface area contributed by atoms with Gasteiger partial charge in [-0.2, -0.15) is 0 Å². The molecule has 1 heterocycles. The van der Waals surface area contributed by atoms with Gasteiger partial charge in [0.25, 0.3) is 0 Å². The van der Waals surface area contributed by atoms with Crippen LogP contribution in [0.5, 0.6) is 5.75 Å². The van der Waals surface area contributed by atoms with Crippen LogP contribution in [0.25, 0.3) is 0 Å². The molecule has 0 bridgehead atoms. The van der Waals surface area contributed by atoms with Crippen LogP contribution in [0.4, 0.5) is 4.39 Å². The first-order valence-corrected chi connectivity index (χ1v) is 5.91. The fourth-order valence-corrected chi connectivity index (χ4v) is 1.91. The highest BCUT2D eigenvalue weighted by Gasteiger charge is 2.10. The van der Waals surface area contributed by atoms with Crippen LogP contribution in [0.2, 0.25) is 0 Å². The van der Waals surface area contributed by atoms with E-state index in [-0.39, 0.29) is 18.1 Å². The average Bonchev–Trinajstić information content (AvgIpc) is 2.78. The molecule has 0 radical (unpaired) electrons. The van der Waals surface area contributed by atoms with Gasteiger partial charge in [-0.25, -0.2) is 9.37 Å². The second-order valence-corrected chi connectivity index (χ2v) is 4.18. The molecule has 0 saturated heterocycles. The Labute approximate surface area is 102 Å². The maximum absolute atomic E-state index is 13.1. The quantitative estimate of drug-likeness (QED) is 0.784. The number of hydrogen-bond donors (Lipinski definition) is 0. The maximum atomic E-state index is 13.1. The van der Waals surface area contributed by atoms with Gasteiger partial charge >= 0.3 is 0 Å². The molecule has 1 aromatic heterocycles. The number of aromatic nitrogens is 1. The number of rotatable bonds is 4. The van der Waals surface area contributed by atoms with E-state index in [2.05, 4.69) is 4.98 Å². The Hall–Kier alpha value is -1.75. The van der Waals surface area contributed by atoms with Gasteiger partial charge in [-0.15, -0.1) is 11.3 Å². The van der Waals surface area contributed by atoms with Gasteiger partial charge in [-0.3, -0.25) is 4.79 Å². The molecule has 0 N–H and O–H groups in total. The van der Waals surface area contributed by atoms with E-state index in [0.717, 1.165) is 5.69 Å². The van der Waals surface area contributed by atoms with E-state index >= 15 is 0 Å². The lowest BCUT2D eigenvalue weighted by molar-refractivity contribution is 0.101. The third kappa shape index (κ3) is 2.88. The van der Waals surface area contributed by atoms with Gasteiger partial charge in [0.15, 0.2) is 5.78 Å². The molecule has 5 heteroatoms. The molecular formula is C12H10FNO2S. The summed E-state index contributed by atoms with van der Waals surface area (Å²) in [6.45, 7) is 1.65. The molecule has 3 nitrogen and oxygen atoms in total. The molecule has 17 heavy (non-hydrogen) atoms. The first kappa shape index (κ1) is 11.7. The summed E-state index contributed by atoms with van der Waals surface area (Å²) in [6, 6.07) is 3.88. The topological polar surface area (TPSA) is 39.2 Å². The van der Waals surface area contributed by atoms with E-state index in [9.17, 15) is 9.18 Å². The Morgan fingerprint density at radius 2 is 2.35 bits per heavy atom. The molecule has 0 atom stereocenters. The summed E-state index contributed by atoms with van der Waals surface area (Å²) in [5.74, 6) is -0.327. The van der Waals surface area contributed by atoms with Gasteiger partial charge in [-0.1, -0.05) is 0 Å². The van der Waals surface area contributed by atoms with Gasteiger partial charge in [0.2, 0.25) is 0 Å². The van der Waals surface area contributed by atoms with E-state index in [1.165, 1.54) is 36.5 Å². The van der Waals surface area contributed by atoms with Crippen molar-refractivity contribution in [3.8, 4) is 5.75 Å². The first-order valence-electron chi connectivity index (χ1n) is 4.97. The Kier molecular flexibility index (Phi) is 3.49. The zero-order chi connectivity index (χ0) is 12.3. The molecule has 0 aliphatic carbocycles. The third-order valence-electron chi connectivity index (χ3n) is 2.18. The molecule has 1 aromatic carbocycles. The summed E-state index contributed by atoms with van der Waals surface area (Å²) in [5.41, 5.74) is 2.83. The minimum Gasteiger partial charge on any atom is -0.486 e. The molecule has 2 rings (SSSR count). The highest BCUT2D eigenvalue weighted by Crippen LogP contribution is 2.21. The predicted octanol–water partition coefficient (Wildman–Crippen LogP) is 3.06. The van der Waals surface area contributed by atoms with Crippen LogP contribution >= 0.6 is 11.3 Å². The molecular weight excluding hydrogens is 241 g/mol. The van der Waals surface area contributed by atoms with Crippen LogP contribution in [-0.4, -0.2) is 10.8 Å². The number of ketones is 1. The third-order valence-corrected chi connectivity index (χ3v) is 2.82. The van der Waals surface area contributed by atoms with Gasteiger partial charge < -0.3 is 4.74 Å². The summed E-state index contributed by atoms with van der Waals surface area (Å²) in [7, 11) is 0. The fraction of sp³-hybridized carbons (Fsp3) is 0.167. The van der Waals surface area contributed by atoms with Gasteiger partial charge in [-0.05, 0) is 19.1 Å². The fourth-order valence-electron chi connectivity index (χ4n) is 1.37. The van der Waals surface area contributed by atoms with Crippen molar-refractivity contribution in [3.05, 3.63) is 46.2 Å². The number of carbonyl (C=O) groups excluding carboxylic acids is 1. The first-order chi connectivity index (χ1) is 8.16. The highest BCUT2D eigenvalue weighted by atomic mass is 32.1. The molecule has 0 fully saturated rings. The Morgan fingerprint density at radius 1 is 1.53 bits per heavy atom.